The van der Waals surface area contributed by atoms with Crippen LogP contribution in [0.3, 0.4) is 0 Å². The number of aromatic nitrogens is 5. The third-order valence-corrected chi connectivity index (χ3v) is 1.65. The van der Waals surface area contributed by atoms with Crippen molar-refractivity contribution in [1.82, 2.24) is 25.3 Å². The summed E-state index contributed by atoms with van der Waals surface area (Å²) in [6.45, 7) is 6.74. The molecule has 0 radical (unpaired) electrons. The molecule has 0 atom stereocenters. The van der Waals surface area contributed by atoms with Crippen LogP contribution in [0, 0.1) is 6.57 Å². The van der Waals surface area contributed by atoms with Gasteiger partial charge in [-0.15, -0.1) is 9.73 Å². The summed E-state index contributed by atoms with van der Waals surface area (Å²) < 4.78 is 1.16. The summed E-state index contributed by atoms with van der Waals surface area (Å²) in [7, 11) is 0. The highest BCUT2D eigenvalue weighted by atomic mass is 35.5. The number of halogens is 1. The topological polar surface area (TPSA) is 60.3 Å². The van der Waals surface area contributed by atoms with Gasteiger partial charge in [-0.25, -0.2) is 4.85 Å². The molecule has 7 heteroatoms. The minimum absolute atomic E-state index is 0.227. The van der Waals surface area contributed by atoms with E-state index in [0.29, 0.717) is 5.65 Å². The fourth-order valence-electron chi connectivity index (χ4n) is 0.751. The summed E-state index contributed by atoms with van der Waals surface area (Å²) in [6, 6.07) is 0. The van der Waals surface area contributed by atoms with Gasteiger partial charge in [0.2, 0.25) is 11.3 Å². The normalized spacial score (nSPS) is 10.0. The molecule has 0 spiro atoms. The van der Waals surface area contributed by atoms with E-state index < -0.39 is 0 Å². The predicted molar refractivity (Wildman–Crippen MR) is 39.8 cm³/mol. The Labute approximate surface area is 71.6 Å². The molecule has 2 rings (SSSR count). The van der Waals surface area contributed by atoms with Gasteiger partial charge in [-0.2, -0.15) is 5.10 Å². The van der Waals surface area contributed by atoms with Crippen LogP contribution in [-0.2, 0) is 0 Å². The lowest BCUT2D eigenvalue weighted by molar-refractivity contribution is 0.734. The molecule has 6 nitrogen and oxygen atoms in total. The van der Waals surface area contributed by atoms with Gasteiger partial charge in [-0.05, 0) is 10.4 Å². The number of hydrogen-bond acceptors (Lipinski definition) is 4. The van der Waals surface area contributed by atoms with Gasteiger partial charge in [0.25, 0.3) is 0 Å². The van der Waals surface area contributed by atoms with E-state index in [9.17, 15) is 0 Å². The average molecular weight is 181 g/mol. The second-order valence-corrected chi connectivity index (χ2v) is 2.33. The standard InChI is InChI=1S/C5HClN6/c1-7-3-2-8-12-5(4(3)6)9-10-11-12/h2H. The van der Waals surface area contributed by atoms with Crippen molar-refractivity contribution in [2.75, 3.05) is 0 Å². The molecule has 0 aromatic carbocycles. The molecule has 2 aromatic rings. The second kappa shape index (κ2) is 2.39. The predicted octanol–water partition coefficient (Wildman–Crippen LogP) is 0.723. The Hall–Kier alpha value is -1.74. The van der Waals surface area contributed by atoms with Crippen LogP contribution in [0.4, 0.5) is 5.69 Å². The molecule has 12 heavy (non-hydrogen) atoms. The first kappa shape index (κ1) is 6.94. The van der Waals surface area contributed by atoms with Crippen LogP contribution in [0.1, 0.15) is 0 Å². The van der Waals surface area contributed by atoms with Gasteiger partial charge >= 0.3 is 0 Å². The first-order chi connectivity index (χ1) is 5.83. The van der Waals surface area contributed by atoms with E-state index in [1.165, 1.54) is 6.20 Å². The van der Waals surface area contributed by atoms with Crippen LogP contribution in [0.2, 0.25) is 5.02 Å². The Morgan fingerprint density at radius 1 is 1.58 bits per heavy atom. The molecular formula is C5HClN6. The highest BCUT2D eigenvalue weighted by Crippen LogP contribution is 2.25. The molecule has 0 bridgehead atoms. The van der Waals surface area contributed by atoms with E-state index in [4.69, 9.17) is 18.2 Å². The maximum atomic E-state index is 6.74. The van der Waals surface area contributed by atoms with Gasteiger partial charge < -0.3 is 0 Å². The van der Waals surface area contributed by atoms with E-state index in [-0.39, 0.29) is 10.7 Å². The number of fused-ring (bicyclic) bond motifs is 1. The summed E-state index contributed by atoms with van der Waals surface area (Å²) in [5, 5.41) is 14.4. The Morgan fingerprint density at radius 3 is 3.17 bits per heavy atom. The monoisotopic (exact) mass is 180 g/mol. The summed E-state index contributed by atoms with van der Waals surface area (Å²) in [6.07, 6.45) is 1.32. The van der Waals surface area contributed by atoms with Crippen molar-refractivity contribution in [2.24, 2.45) is 0 Å². The van der Waals surface area contributed by atoms with Crippen molar-refractivity contribution in [1.29, 1.82) is 0 Å². The zero-order chi connectivity index (χ0) is 8.55. The van der Waals surface area contributed by atoms with Gasteiger partial charge in [0.1, 0.15) is 0 Å². The van der Waals surface area contributed by atoms with Crippen LogP contribution < -0.4 is 0 Å². The molecule has 0 fully saturated rings. The van der Waals surface area contributed by atoms with Crippen LogP contribution in [0.5, 0.6) is 0 Å². The molecule has 0 aliphatic heterocycles. The lowest BCUT2D eigenvalue weighted by atomic mass is 10.5. The Balaban J connectivity index is 2.89. The van der Waals surface area contributed by atoms with E-state index in [2.05, 4.69) is 25.5 Å². The first-order valence-corrected chi connectivity index (χ1v) is 3.31. The maximum absolute atomic E-state index is 6.74. The van der Waals surface area contributed by atoms with Gasteiger partial charge in [0.15, 0.2) is 0 Å². The third kappa shape index (κ3) is 0.805. The van der Waals surface area contributed by atoms with Crippen molar-refractivity contribution < 1.29 is 0 Å². The van der Waals surface area contributed by atoms with Gasteiger partial charge in [-0.1, -0.05) is 11.6 Å². The highest BCUT2D eigenvalue weighted by molar-refractivity contribution is 6.36. The van der Waals surface area contributed by atoms with E-state index in [0.717, 1.165) is 4.63 Å². The van der Waals surface area contributed by atoms with Crippen molar-refractivity contribution in [3.05, 3.63) is 22.6 Å². The summed E-state index contributed by atoms with van der Waals surface area (Å²) in [4.78, 5) is 3.15. The van der Waals surface area contributed by atoms with Crippen LogP contribution >= 0.6 is 11.6 Å². The van der Waals surface area contributed by atoms with Crippen LogP contribution in [0.25, 0.3) is 10.5 Å². The number of nitrogens with zero attached hydrogens (tertiary/aromatic N) is 6. The minimum Gasteiger partial charge on any atom is -0.235 e. The summed E-state index contributed by atoms with van der Waals surface area (Å²) >= 11 is 5.77. The molecule has 0 aliphatic rings. The van der Waals surface area contributed by atoms with E-state index >= 15 is 0 Å². The molecular weight excluding hydrogens is 180 g/mol. The largest absolute Gasteiger partial charge is 0.235 e. The fraction of sp³-hybridized carbons (Fsp3) is 0. The molecule has 0 saturated heterocycles. The van der Waals surface area contributed by atoms with E-state index in [1.54, 1.807) is 0 Å². The smallest absolute Gasteiger partial charge is 0.228 e. The Kier molecular flexibility index (Phi) is 1.38. The quantitative estimate of drug-likeness (QED) is 0.561. The lowest BCUT2D eigenvalue weighted by Crippen LogP contribution is -1.92. The van der Waals surface area contributed by atoms with Crippen LogP contribution in [-0.4, -0.2) is 25.3 Å². The van der Waals surface area contributed by atoms with Crippen molar-refractivity contribution >= 4 is 22.9 Å². The van der Waals surface area contributed by atoms with Crippen molar-refractivity contribution in [3.63, 3.8) is 0 Å². The van der Waals surface area contributed by atoms with Gasteiger partial charge in [0.05, 0.1) is 17.8 Å². The Morgan fingerprint density at radius 2 is 2.42 bits per heavy atom. The highest BCUT2D eigenvalue weighted by Gasteiger charge is 2.08. The van der Waals surface area contributed by atoms with Crippen LogP contribution in [0.15, 0.2) is 6.20 Å². The van der Waals surface area contributed by atoms with Crippen molar-refractivity contribution in [3.8, 4) is 0 Å². The second-order valence-electron chi connectivity index (χ2n) is 1.95. The van der Waals surface area contributed by atoms with Gasteiger partial charge in [-0.3, -0.25) is 0 Å². The molecule has 0 aliphatic carbocycles. The van der Waals surface area contributed by atoms with E-state index in [1.807, 2.05) is 0 Å². The molecule has 2 aromatic heterocycles. The molecule has 0 amide bonds. The Bertz CT molecular complexity index is 468. The van der Waals surface area contributed by atoms with Gasteiger partial charge in [0, 0.05) is 0 Å². The summed E-state index contributed by atoms with van der Waals surface area (Å²) in [5.74, 6) is 0. The zero-order valence-corrected chi connectivity index (χ0v) is 6.39. The maximum Gasteiger partial charge on any atom is 0.228 e. The SMILES string of the molecule is [C-]#[N+]c1cnn2nnnc2c1Cl. The van der Waals surface area contributed by atoms with Crippen molar-refractivity contribution in [2.45, 2.75) is 0 Å². The molecule has 58 valence electrons. The first-order valence-electron chi connectivity index (χ1n) is 2.93. The fourth-order valence-corrected chi connectivity index (χ4v) is 0.955. The average Bonchev–Trinajstić information content (AvgIpc) is 2.53. The summed E-state index contributed by atoms with van der Waals surface area (Å²) in [5.41, 5.74) is 0.545. The molecule has 0 saturated carbocycles. The number of hydrogen-bond donors (Lipinski definition) is 0. The number of tetrazole rings is 1. The zero-order valence-electron chi connectivity index (χ0n) is 5.64. The molecule has 2 heterocycles. The molecule has 0 unspecified atom stereocenters. The molecule has 0 N–H and O–H groups in total. The minimum atomic E-state index is 0.227. The third-order valence-electron chi connectivity index (χ3n) is 1.28. The number of rotatable bonds is 0. The lowest BCUT2D eigenvalue weighted by Gasteiger charge is -1.92.